The van der Waals surface area contributed by atoms with Gasteiger partial charge in [-0.05, 0) is 13.0 Å². The molecule has 10 nitrogen and oxygen atoms in total. The summed E-state index contributed by atoms with van der Waals surface area (Å²) in [6.07, 6.45) is 3.56. The molecule has 2 aliphatic heterocycles. The topological polar surface area (TPSA) is 112 Å². The molecule has 156 valence electrons. The number of aryl methyl sites for hydroxylation is 1. The fourth-order valence-corrected chi connectivity index (χ4v) is 3.87. The Hall–Kier alpha value is -3.16. The zero-order chi connectivity index (χ0) is 20.8. The Labute approximate surface area is 173 Å². The summed E-state index contributed by atoms with van der Waals surface area (Å²) in [6, 6.07) is 4.16. The molecule has 0 unspecified atom stereocenters. The van der Waals surface area contributed by atoms with Crippen molar-refractivity contribution in [2.75, 3.05) is 25.1 Å². The van der Waals surface area contributed by atoms with Crippen LogP contribution in [0.3, 0.4) is 0 Å². The predicted molar refractivity (Wildman–Crippen MR) is 108 cm³/mol. The van der Waals surface area contributed by atoms with Crippen LogP contribution in [0, 0.1) is 17.2 Å². The molecule has 0 spiro atoms. The number of anilines is 2. The van der Waals surface area contributed by atoms with Gasteiger partial charge in [0.2, 0.25) is 5.95 Å². The molecule has 1 N–H and O–H groups in total. The first-order valence-corrected chi connectivity index (χ1v) is 9.98. The van der Waals surface area contributed by atoms with E-state index in [1.807, 2.05) is 30.8 Å². The normalized spacial score (nSPS) is 25.8. The number of nitrogens with zero attached hydrogens (tertiary/aromatic N) is 6. The van der Waals surface area contributed by atoms with E-state index in [0.29, 0.717) is 54.6 Å². The van der Waals surface area contributed by atoms with Gasteiger partial charge in [-0.1, -0.05) is 6.92 Å². The summed E-state index contributed by atoms with van der Waals surface area (Å²) in [4.78, 5) is 9.14. The number of hydrogen-bond donors (Lipinski definition) is 1. The minimum Gasteiger partial charge on any atom is -0.467 e. The summed E-state index contributed by atoms with van der Waals surface area (Å²) in [5.74, 6) is 1.19. The van der Waals surface area contributed by atoms with Gasteiger partial charge in [0.05, 0.1) is 38.2 Å². The third kappa shape index (κ3) is 3.16. The lowest BCUT2D eigenvalue weighted by atomic mass is 10.1. The maximum Gasteiger partial charge on any atom is 0.257 e. The maximum atomic E-state index is 9.63. The predicted octanol–water partition coefficient (Wildman–Crippen LogP) is 2.15. The third-order valence-electron chi connectivity index (χ3n) is 5.70. The minimum absolute atomic E-state index is 0.0249. The summed E-state index contributed by atoms with van der Waals surface area (Å²) in [5.41, 5.74) is 1.94. The van der Waals surface area contributed by atoms with E-state index in [0.717, 1.165) is 5.39 Å². The summed E-state index contributed by atoms with van der Waals surface area (Å²) in [7, 11) is 1.83. The molecule has 0 amide bonds. The zero-order valence-corrected chi connectivity index (χ0v) is 17.1. The van der Waals surface area contributed by atoms with Gasteiger partial charge < -0.3 is 24.1 Å². The Morgan fingerprint density at radius 3 is 2.83 bits per heavy atom. The smallest absolute Gasteiger partial charge is 0.257 e. The molecule has 3 aromatic rings. The summed E-state index contributed by atoms with van der Waals surface area (Å²) >= 11 is 0. The molecule has 4 atom stereocenters. The van der Waals surface area contributed by atoms with Gasteiger partial charge in [0.15, 0.2) is 0 Å². The number of ether oxygens (including phenoxy) is 3. The second-order valence-electron chi connectivity index (χ2n) is 7.91. The van der Waals surface area contributed by atoms with Crippen molar-refractivity contribution in [3.63, 3.8) is 0 Å². The van der Waals surface area contributed by atoms with Crippen molar-refractivity contribution in [3.05, 3.63) is 24.2 Å². The number of hydrogen-bond acceptors (Lipinski definition) is 8. The molecule has 3 aromatic heterocycles. The van der Waals surface area contributed by atoms with E-state index in [-0.39, 0.29) is 18.2 Å². The number of nitriles is 1. The summed E-state index contributed by atoms with van der Waals surface area (Å²) in [6.45, 7) is 5.87. The molecule has 10 heteroatoms. The summed E-state index contributed by atoms with van der Waals surface area (Å²) < 4.78 is 20.6. The van der Waals surface area contributed by atoms with Gasteiger partial charge in [0.25, 0.3) is 5.88 Å². The highest BCUT2D eigenvalue weighted by molar-refractivity contribution is 5.79. The molecule has 0 saturated carbocycles. The molecule has 5 rings (SSSR count). The van der Waals surface area contributed by atoms with Crippen molar-refractivity contribution in [2.45, 2.75) is 32.1 Å². The van der Waals surface area contributed by atoms with Gasteiger partial charge >= 0.3 is 0 Å². The molecular formula is C20H23N7O3. The fourth-order valence-electron chi connectivity index (χ4n) is 3.87. The van der Waals surface area contributed by atoms with E-state index in [1.165, 1.54) is 0 Å². The molecule has 0 radical (unpaired) electrons. The van der Waals surface area contributed by atoms with Crippen LogP contribution in [0.5, 0.6) is 5.88 Å². The first-order chi connectivity index (χ1) is 14.5. The lowest BCUT2D eigenvalue weighted by Gasteiger charge is -2.33. The van der Waals surface area contributed by atoms with Crippen molar-refractivity contribution in [1.29, 1.82) is 5.26 Å². The Bertz CT molecular complexity index is 1130. The molecule has 2 fully saturated rings. The average Bonchev–Trinajstić information content (AvgIpc) is 3.40. The first-order valence-electron chi connectivity index (χ1n) is 9.98. The van der Waals surface area contributed by atoms with Crippen LogP contribution in [0.1, 0.15) is 25.6 Å². The maximum absolute atomic E-state index is 9.63. The van der Waals surface area contributed by atoms with Gasteiger partial charge in [0.1, 0.15) is 29.2 Å². The van der Waals surface area contributed by atoms with E-state index in [2.05, 4.69) is 28.4 Å². The van der Waals surface area contributed by atoms with Crippen LogP contribution in [0.4, 0.5) is 11.6 Å². The van der Waals surface area contributed by atoms with Crippen LogP contribution < -0.4 is 10.1 Å². The average molecular weight is 409 g/mol. The molecule has 2 aliphatic rings. The Morgan fingerprint density at radius 1 is 1.30 bits per heavy atom. The minimum atomic E-state index is -0.0249. The van der Waals surface area contributed by atoms with Crippen LogP contribution in [0.2, 0.25) is 0 Å². The van der Waals surface area contributed by atoms with Crippen LogP contribution >= 0.6 is 0 Å². The number of aromatic nitrogens is 5. The fraction of sp³-hybridized carbons (Fsp3) is 0.500. The quantitative estimate of drug-likeness (QED) is 0.682. The van der Waals surface area contributed by atoms with E-state index in [9.17, 15) is 5.26 Å². The molecule has 0 aromatic carbocycles. The van der Waals surface area contributed by atoms with Gasteiger partial charge in [-0.3, -0.25) is 4.68 Å². The molecule has 0 bridgehead atoms. The second kappa shape index (κ2) is 7.27. The highest BCUT2D eigenvalue weighted by Crippen LogP contribution is 2.33. The van der Waals surface area contributed by atoms with Crippen molar-refractivity contribution in [1.82, 2.24) is 24.3 Å². The van der Waals surface area contributed by atoms with Crippen molar-refractivity contribution in [3.8, 4) is 11.9 Å². The van der Waals surface area contributed by atoms with Crippen molar-refractivity contribution < 1.29 is 14.2 Å². The van der Waals surface area contributed by atoms with E-state index in [1.54, 1.807) is 10.9 Å². The second-order valence-corrected chi connectivity index (χ2v) is 7.91. The SMILES string of the molecule is C[C@H]1COC[C@@H]1n1c(C#N)cc2cnc(Nc3cn(C)nc3O[C@@H]3CO[C@@H]3C)nc21. The van der Waals surface area contributed by atoms with Gasteiger partial charge in [-0.15, -0.1) is 5.10 Å². The summed E-state index contributed by atoms with van der Waals surface area (Å²) in [5, 5.41) is 18.1. The first kappa shape index (κ1) is 18.8. The number of nitrogens with one attached hydrogen (secondary N) is 1. The van der Waals surface area contributed by atoms with E-state index >= 15 is 0 Å². The zero-order valence-electron chi connectivity index (χ0n) is 17.1. The highest BCUT2D eigenvalue weighted by atomic mass is 16.6. The van der Waals surface area contributed by atoms with Crippen LogP contribution in [-0.2, 0) is 16.5 Å². The molecule has 30 heavy (non-hydrogen) atoms. The molecule has 5 heterocycles. The Kier molecular flexibility index (Phi) is 4.56. The number of rotatable bonds is 5. The van der Waals surface area contributed by atoms with Crippen molar-refractivity contribution >= 4 is 22.7 Å². The standard InChI is InChI=1S/C20H23N7O3/c1-11-8-28-9-16(11)27-14(5-21)4-13-6-22-20(24-18(13)27)23-15-7-26(3)25-19(15)30-17-10-29-12(17)2/h4,6-7,11-12,16-17H,8-10H2,1-3H3,(H,22,23,24)/t11-,12+,16-,17+/m0/s1. The lowest BCUT2D eigenvalue weighted by molar-refractivity contribution is -0.140. The van der Waals surface area contributed by atoms with E-state index in [4.69, 9.17) is 19.2 Å². The van der Waals surface area contributed by atoms with Crippen molar-refractivity contribution in [2.24, 2.45) is 13.0 Å². The largest absolute Gasteiger partial charge is 0.467 e. The van der Waals surface area contributed by atoms with Crippen LogP contribution in [0.15, 0.2) is 18.5 Å². The van der Waals surface area contributed by atoms with Gasteiger partial charge in [-0.25, -0.2) is 4.98 Å². The Morgan fingerprint density at radius 2 is 2.17 bits per heavy atom. The Balaban J connectivity index is 1.48. The lowest BCUT2D eigenvalue weighted by Crippen LogP contribution is -2.46. The van der Waals surface area contributed by atoms with Gasteiger partial charge in [-0.2, -0.15) is 10.2 Å². The monoisotopic (exact) mass is 409 g/mol. The number of fused-ring (bicyclic) bond motifs is 1. The van der Waals surface area contributed by atoms with Crippen LogP contribution in [-0.4, -0.2) is 56.3 Å². The van der Waals surface area contributed by atoms with Gasteiger partial charge in [0, 0.05) is 24.5 Å². The van der Waals surface area contributed by atoms with Crippen LogP contribution in [0.25, 0.3) is 11.0 Å². The molecule has 0 aliphatic carbocycles. The van der Waals surface area contributed by atoms with E-state index < -0.39 is 0 Å². The highest BCUT2D eigenvalue weighted by Gasteiger charge is 2.32. The molecular weight excluding hydrogens is 386 g/mol. The third-order valence-corrected chi connectivity index (χ3v) is 5.70. The molecule has 2 saturated heterocycles.